The van der Waals surface area contributed by atoms with E-state index in [1.807, 2.05) is 38.1 Å². The van der Waals surface area contributed by atoms with Gasteiger partial charge < -0.3 is 25.0 Å². The summed E-state index contributed by atoms with van der Waals surface area (Å²) in [5, 5.41) is 15.5. The summed E-state index contributed by atoms with van der Waals surface area (Å²) in [5.41, 5.74) is 1.70. The van der Waals surface area contributed by atoms with Crippen molar-refractivity contribution in [2.24, 2.45) is 5.92 Å². The van der Waals surface area contributed by atoms with Gasteiger partial charge >= 0.3 is 6.03 Å². The molecule has 1 fully saturated rings. The lowest BCUT2D eigenvalue weighted by molar-refractivity contribution is -0.160. The highest BCUT2D eigenvalue weighted by Crippen LogP contribution is 2.20. The van der Waals surface area contributed by atoms with Gasteiger partial charge in [0, 0.05) is 33.6 Å². The third kappa shape index (κ3) is 7.36. The molecule has 200 valence electrons. The van der Waals surface area contributed by atoms with Crippen molar-refractivity contribution < 1.29 is 24.2 Å². The summed E-state index contributed by atoms with van der Waals surface area (Å²) in [5.74, 6) is 0.674. The first-order valence-corrected chi connectivity index (χ1v) is 12.3. The van der Waals surface area contributed by atoms with Gasteiger partial charge in [-0.15, -0.1) is 0 Å². The molecular formula is C27H37N5O5. The summed E-state index contributed by atoms with van der Waals surface area (Å²) in [6, 6.07) is 12.8. The first-order valence-electron chi connectivity index (χ1n) is 12.3. The highest BCUT2D eigenvalue weighted by Gasteiger charge is 2.39. The second-order valence-corrected chi connectivity index (χ2v) is 9.73. The van der Waals surface area contributed by atoms with Gasteiger partial charge in [0.25, 0.3) is 0 Å². The fourth-order valence-corrected chi connectivity index (χ4v) is 4.29. The molecule has 0 saturated carbocycles. The van der Waals surface area contributed by atoms with Gasteiger partial charge in [0.05, 0.1) is 13.7 Å². The zero-order valence-corrected chi connectivity index (χ0v) is 22.2. The molecule has 0 spiro atoms. The van der Waals surface area contributed by atoms with Crippen LogP contribution in [0.3, 0.4) is 0 Å². The molecule has 2 N–H and O–H groups in total. The van der Waals surface area contributed by atoms with E-state index in [1.54, 1.807) is 55.4 Å². The summed E-state index contributed by atoms with van der Waals surface area (Å²) in [7, 11) is 4.99. The highest BCUT2D eigenvalue weighted by molar-refractivity contribution is 5.89. The van der Waals surface area contributed by atoms with Crippen LogP contribution in [-0.2, 0) is 22.6 Å². The fraction of sp³-hybridized carbons (Fsp3) is 0.444. The second kappa shape index (κ2) is 12.4. The Kier molecular flexibility index (Phi) is 9.35. The van der Waals surface area contributed by atoms with Crippen molar-refractivity contribution in [1.29, 1.82) is 0 Å². The lowest BCUT2D eigenvalue weighted by atomic mass is 10.0. The SMILES string of the molecule is COc1ccc(CNC(=O)N2CN(C(Cc3ccc(O)cc3)C(=O)N(C)CC(C)C)C(=O)CN2C)cc1. The van der Waals surface area contributed by atoms with E-state index >= 15 is 0 Å². The number of likely N-dealkylation sites (N-methyl/N-ethyl adjacent to an activating group) is 2. The van der Waals surface area contributed by atoms with E-state index in [-0.39, 0.29) is 49.1 Å². The van der Waals surface area contributed by atoms with Crippen LogP contribution in [0.4, 0.5) is 4.79 Å². The maximum Gasteiger partial charge on any atom is 0.333 e. The van der Waals surface area contributed by atoms with E-state index in [0.29, 0.717) is 13.1 Å². The zero-order chi connectivity index (χ0) is 27.1. The smallest absolute Gasteiger partial charge is 0.333 e. The van der Waals surface area contributed by atoms with Gasteiger partial charge in [-0.25, -0.2) is 14.8 Å². The van der Waals surface area contributed by atoms with Gasteiger partial charge in [-0.2, -0.15) is 0 Å². The Morgan fingerprint density at radius 1 is 1.08 bits per heavy atom. The molecule has 3 rings (SSSR count). The minimum atomic E-state index is -0.800. The number of nitrogens with one attached hydrogen (secondary N) is 1. The highest BCUT2D eigenvalue weighted by atomic mass is 16.5. The Morgan fingerprint density at radius 3 is 2.30 bits per heavy atom. The minimum Gasteiger partial charge on any atom is -0.508 e. The molecule has 1 saturated heterocycles. The van der Waals surface area contributed by atoms with Crippen LogP contribution in [0.1, 0.15) is 25.0 Å². The molecule has 10 heteroatoms. The summed E-state index contributed by atoms with van der Waals surface area (Å²) < 4.78 is 5.17. The molecule has 1 heterocycles. The number of phenols is 1. The average molecular weight is 512 g/mol. The van der Waals surface area contributed by atoms with Crippen molar-refractivity contribution in [1.82, 2.24) is 25.1 Å². The lowest BCUT2D eigenvalue weighted by Crippen LogP contribution is -2.65. The van der Waals surface area contributed by atoms with Gasteiger partial charge in [-0.05, 0) is 41.3 Å². The van der Waals surface area contributed by atoms with Gasteiger partial charge in [0.1, 0.15) is 24.2 Å². The number of carbonyl (C=O) groups is 3. The monoisotopic (exact) mass is 511 g/mol. The molecule has 1 atom stereocenters. The number of methoxy groups -OCH3 is 1. The van der Waals surface area contributed by atoms with Crippen LogP contribution in [0.5, 0.6) is 11.5 Å². The molecule has 0 bridgehead atoms. The molecule has 1 unspecified atom stereocenters. The topological polar surface area (TPSA) is 106 Å². The van der Waals surface area contributed by atoms with E-state index in [9.17, 15) is 19.5 Å². The molecule has 2 aromatic rings. The number of ether oxygens (including phenoxy) is 1. The standard InChI is InChI=1S/C27H37N5O5/c1-19(2)16-29(3)26(35)24(14-20-6-10-22(33)11-7-20)31-18-32(30(4)17-25(31)34)27(36)28-15-21-8-12-23(37-5)13-9-21/h6-13,19,24,33H,14-18H2,1-5H3,(H,28,36). The molecule has 1 aliphatic rings. The van der Waals surface area contributed by atoms with Crippen molar-refractivity contribution in [2.45, 2.75) is 32.9 Å². The van der Waals surface area contributed by atoms with Crippen molar-refractivity contribution >= 4 is 17.8 Å². The van der Waals surface area contributed by atoms with Gasteiger partial charge in [0.15, 0.2) is 0 Å². The van der Waals surface area contributed by atoms with Crippen molar-refractivity contribution in [3.8, 4) is 11.5 Å². The van der Waals surface area contributed by atoms with Crippen LogP contribution in [0.15, 0.2) is 48.5 Å². The number of aromatic hydroxyl groups is 1. The summed E-state index contributed by atoms with van der Waals surface area (Å²) in [4.78, 5) is 42.9. The Bertz CT molecular complexity index is 1070. The first-order chi connectivity index (χ1) is 17.6. The number of benzene rings is 2. The van der Waals surface area contributed by atoms with Crippen LogP contribution in [0.25, 0.3) is 0 Å². The number of phenolic OH excluding ortho intramolecular Hbond substituents is 1. The number of carbonyl (C=O) groups excluding carboxylic acids is 3. The van der Waals surface area contributed by atoms with Gasteiger partial charge in [-0.3, -0.25) is 9.59 Å². The zero-order valence-electron chi connectivity index (χ0n) is 22.2. The molecule has 2 aromatic carbocycles. The van der Waals surface area contributed by atoms with Crippen LogP contribution in [0.2, 0.25) is 0 Å². The van der Waals surface area contributed by atoms with E-state index in [4.69, 9.17) is 4.74 Å². The number of rotatable bonds is 9. The predicted octanol–water partition coefficient (Wildman–Crippen LogP) is 2.28. The molecule has 37 heavy (non-hydrogen) atoms. The number of hydrogen-bond donors (Lipinski definition) is 2. The van der Waals surface area contributed by atoms with Crippen molar-refractivity contribution in [2.75, 3.05) is 41.0 Å². The molecular weight excluding hydrogens is 474 g/mol. The van der Waals surface area contributed by atoms with Gasteiger partial charge in [0.2, 0.25) is 11.8 Å². The fourth-order valence-electron chi connectivity index (χ4n) is 4.29. The normalized spacial score (nSPS) is 15.0. The number of hydrogen-bond acceptors (Lipinski definition) is 6. The first kappa shape index (κ1) is 27.8. The summed E-state index contributed by atoms with van der Waals surface area (Å²) >= 11 is 0. The number of hydrazine groups is 1. The molecule has 0 aromatic heterocycles. The number of amides is 4. The molecule has 10 nitrogen and oxygen atoms in total. The largest absolute Gasteiger partial charge is 0.508 e. The third-order valence-electron chi connectivity index (χ3n) is 6.26. The Labute approximate surface area is 218 Å². The van der Waals surface area contributed by atoms with E-state index in [2.05, 4.69) is 5.32 Å². The Morgan fingerprint density at radius 2 is 1.70 bits per heavy atom. The second-order valence-electron chi connectivity index (χ2n) is 9.73. The minimum absolute atomic E-state index is 0.0385. The number of urea groups is 1. The quantitative estimate of drug-likeness (QED) is 0.535. The van der Waals surface area contributed by atoms with Crippen LogP contribution in [-0.4, -0.2) is 89.8 Å². The van der Waals surface area contributed by atoms with Crippen LogP contribution >= 0.6 is 0 Å². The summed E-state index contributed by atoms with van der Waals surface area (Å²) in [6.07, 6.45) is 0.262. The Hall–Kier alpha value is -3.79. The molecule has 0 radical (unpaired) electrons. The van der Waals surface area contributed by atoms with Crippen LogP contribution < -0.4 is 10.1 Å². The van der Waals surface area contributed by atoms with Crippen LogP contribution in [0, 0.1) is 5.92 Å². The third-order valence-corrected chi connectivity index (χ3v) is 6.26. The maximum atomic E-state index is 13.6. The van der Waals surface area contributed by atoms with E-state index in [0.717, 1.165) is 16.9 Å². The molecule has 0 aliphatic carbocycles. The van der Waals surface area contributed by atoms with Crippen molar-refractivity contribution in [3.63, 3.8) is 0 Å². The average Bonchev–Trinajstić information content (AvgIpc) is 2.87. The van der Waals surface area contributed by atoms with E-state index < -0.39 is 6.04 Å². The lowest BCUT2D eigenvalue weighted by Gasteiger charge is -2.44. The molecule has 4 amide bonds. The Balaban J connectivity index is 1.78. The van der Waals surface area contributed by atoms with Gasteiger partial charge in [-0.1, -0.05) is 38.1 Å². The number of nitrogens with zero attached hydrogens (tertiary/aromatic N) is 4. The maximum absolute atomic E-state index is 13.6. The van der Waals surface area contributed by atoms with Crippen molar-refractivity contribution in [3.05, 3.63) is 59.7 Å². The van der Waals surface area contributed by atoms with E-state index in [1.165, 1.54) is 9.91 Å². The predicted molar refractivity (Wildman–Crippen MR) is 139 cm³/mol. The summed E-state index contributed by atoms with van der Waals surface area (Å²) in [6.45, 7) is 4.79. The molecule has 1 aliphatic heterocycles.